The van der Waals surface area contributed by atoms with E-state index in [0.717, 1.165) is 25.0 Å². The highest BCUT2D eigenvalue weighted by atomic mass is 19.1. The Bertz CT molecular complexity index is 586. The lowest BCUT2D eigenvalue weighted by Crippen LogP contribution is -2.42. The van der Waals surface area contributed by atoms with Crippen LogP contribution < -0.4 is 10.6 Å². The minimum Gasteiger partial charge on any atom is -0.376 e. The first-order valence-electron chi connectivity index (χ1n) is 8.63. The number of benzene rings is 1. The molecular weight excluding hydrogens is 323 g/mol. The van der Waals surface area contributed by atoms with Gasteiger partial charge in [0.15, 0.2) is 5.96 Å². The fraction of sp³-hybridized carbons (Fsp3) is 0.556. The number of rotatable bonds is 7. The van der Waals surface area contributed by atoms with E-state index in [4.69, 9.17) is 4.74 Å². The lowest BCUT2D eigenvalue weighted by Gasteiger charge is -2.16. The van der Waals surface area contributed by atoms with E-state index in [1.54, 1.807) is 20.2 Å². The molecule has 2 N–H and O–H groups in total. The Morgan fingerprint density at radius 1 is 1.40 bits per heavy atom. The molecule has 0 spiro atoms. The number of halogens is 1. The third-order valence-electron chi connectivity index (χ3n) is 3.99. The largest absolute Gasteiger partial charge is 0.376 e. The second kappa shape index (κ2) is 9.98. The molecular formula is C18H27FN4O2. The highest BCUT2D eigenvalue weighted by molar-refractivity contribution is 5.84. The number of hydrogen-bond acceptors (Lipinski definition) is 3. The van der Waals surface area contributed by atoms with E-state index in [2.05, 4.69) is 15.6 Å². The number of hydrogen-bond donors (Lipinski definition) is 2. The van der Waals surface area contributed by atoms with Gasteiger partial charge in [-0.3, -0.25) is 4.79 Å². The molecule has 0 aromatic heterocycles. The van der Waals surface area contributed by atoms with Crippen LogP contribution in [-0.2, 0) is 16.0 Å². The van der Waals surface area contributed by atoms with Crippen molar-refractivity contribution in [2.45, 2.75) is 25.4 Å². The van der Waals surface area contributed by atoms with Gasteiger partial charge in [-0.15, -0.1) is 0 Å². The average Bonchev–Trinajstić information content (AvgIpc) is 3.10. The van der Waals surface area contributed by atoms with Crippen molar-refractivity contribution in [2.75, 3.05) is 40.3 Å². The van der Waals surface area contributed by atoms with Crippen LogP contribution in [0.1, 0.15) is 18.4 Å². The zero-order valence-corrected chi connectivity index (χ0v) is 14.9. The second-order valence-corrected chi connectivity index (χ2v) is 6.28. The van der Waals surface area contributed by atoms with Gasteiger partial charge in [-0.2, -0.15) is 0 Å². The van der Waals surface area contributed by atoms with E-state index in [1.165, 1.54) is 17.0 Å². The summed E-state index contributed by atoms with van der Waals surface area (Å²) in [5, 5.41) is 6.42. The Kier molecular flexibility index (Phi) is 7.66. The first-order valence-corrected chi connectivity index (χ1v) is 8.63. The van der Waals surface area contributed by atoms with Crippen LogP contribution in [0.3, 0.4) is 0 Å². The quantitative estimate of drug-likeness (QED) is 0.572. The molecule has 2 rings (SSSR count). The highest BCUT2D eigenvalue weighted by Crippen LogP contribution is 2.10. The third kappa shape index (κ3) is 7.09. The number of carbonyl (C=O) groups excluding carboxylic acids is 1. The Morgan fingerprint density at radius 2 is 2.24 bits per heavy atom. The topological polar surface area (TPSA) is 66.0 Å². The Labute approximate surface area is 148 Å². The lowest BCUT2D eigenvalue weighted by molar-refractivity contribution is -0.127. The minimum absolute atomic E-state index is 0.0663. The smallest absolute Gasteiger partial charge is 0.243 e. The second-order valence-electron chi connectivity index (χ2n) is 6.28. The molecule has 0 aliphatic carbocycles. The summed E-state index contributed by atoms with van der Waals surface area (Å²) in [6.45, 7) is 2.12. The fourth-order valence-corrected chi connectivity index (χ4v) is 2.50. The van der Waals surface area contributed by atoms with E-state index in [0.29, 0.717) is 25.5 Å². The molecule has 0 saturated carbocycles. The summed E-state index contributed by atoms with van der Waals surface area (Å²) in [6, 6.07) is 6.54. The van der Waals surface area contributed by atoms with Crippen molar-refractivity contribution in [2.24, 2.45) is 4.99 Å². The van der Waals surface area contributed by atoms with Gasteiger partial charge in [0, 0.05) is 33.8 Å². The van der Waals surface area contributed by atoms with Gasteiger partial charge in [-0.1, -0.05) is 12.1 Å². The number of carbonyl (C=O) groups is 1. The Morgan fingerprint density at radius 3 is 2.92 bits per heavy atom. The van der Waals surface area contributed by atoms with Crippen LogP contribution in [0.2, 0.25) is 0 Å². The first kappa shape index (κ1) is 19.2. The molecule has 1 fully saturated rings. The summed E-state index contributed by atoms with van der Waals surface area (Å²) in [5.74, 6) is 0.268. The number of guanidine groups is 1. The minimum atomic E-state index is -0.237. The molecule has 138 valence electrons. The molecule has 1 aliphatic heterocycles. The van der Waals surface area contributed by atoms with Crippen molar-refractivity contribution in [3.05, 3.63) is 35.6 Å². The molecule has 25 heavy (non-hydrogen) atoms. The molecule has 0 bridgehead atoms. The Hall–Kier alpha value is -2.15. The molecule has 1 atom stereocenters. The summed E-state index contributed by atoms with van der Waals surface area (Å²) in [7, 11) is 3.41. The maximum Gasteiger partial charge on any atom is 0.243 e. The number of ether oxygens (including phenoxy) is 1. The fourth-order valence-electron chi connectivity index (χ4n) is 2.50. The van der Waals surface area contributed by atoms with Crippen LogP contribution in [0.25, 0.3) is 0 Å². The van der Waals surface area contributed by atoms with Crippen LogP contribution in [0.15, 0.2) is 29.3 Å². The molecule has 0 radical (unpaired) electrons. The normalized spacial score (nSPS) is 17.4. The summed E-state index contributed by atoms with van der Waals surface area (Å²) in [5.41, 5.74) is 0.912. The zero-order chi connectivity index (χ0) is 18.1. The Balaban J connectivity index is 1.85. The summed E-state index contributed by atoms with van der Waals surface area (Å²) in [6.07, 6.45) is 2.95. The van der Waals surface area contributed by atoms with Crippen LogP contribution in [0, 0.1) is 5.82 Å². The van der Waals surface area contributed by atoms with Gasteiger partial charge < -0.3 is 20.3 Å². The van der Waals surface area contributed by atoms with Gasteiger partial charge in [0.05, 0.1) is 6.10 Å². The van der Waals surface area contributed by atoms with Crippen molar-refractivity contribution in [1.82, 2.24) is 15.5 Å². The van der Waals surface area contributed by atoms with E-state index < -0.39 is 0 Å². The number of nitrogens with one attached hydrogen (secondary N) is 2. The van der Waals surface area contributed by atoms with Gasteiger partial charge in [0.2, 0.25) is 5.91 Å². The van der Waals surface area contributed by atoms with Gasteiger partial charge in [0.25, 0.3) is 0 Å². The summed E-state index contributed by atoms with van der Waals surface area (Å²) >= 11 is 0. The monoisotopic (exact) mass is 350 g/mol. The third-order valence-corrected chi connectivity index (χ3v) is 3.99. The molecule has 1 heterocycles. The van der Waals surface area contributed by atoms with Gasteiger partial charge >= 0.3 is 0 Å². The standard InChI is InChI=1S/C18H27FN4O2/c1-23(2)17(24)13-22-18(21-12-16-7-4-10-25-16)20-9-8-14-5-3-6-15(19)11-14/h3,5-6,11,16H,4,7-10,12-13H2,1-2H3,(H2,20,21,22). The average molecular weight is 350 g/mol. The predicted octanol–water partition coefficient (Wildman–Crippen LogP) is 1.17. The number of likely N-dealkylation sites (N-methyl/N-ethyl adjacent to an activating group) is 1. The van der Waals surface area contributed by atoms with Crippen molar-refractivity contribution >= 4 is 11.9 Å². The maximum atomic E-state index is 13.2. The molecule has 6 nitrogen and oxygen atoms in total. The molecule has 1 saturated heterocycles. The highest BCUT2D eigenvalue weighted by Gasteiger charge is 2.15. The first-order chi connectivity index (χ1) is 12.0. The van der Waals surface area contributed by atoms with Gasteiger partial charge in [0.1, 0.15) is 12.4 Å². The van der Waals surface area contributed by atoms with E-state index >= 15 is 0 Å². The zero-order valence-electron chi connectivity index (χ0n) is 14.9. The molecule has 1 aromatic rings. The molecule has 1 amide bonds. The number of amides is 1. The summed E-state index contributed by atoms with van der Waals surface area (Å²) in [4.78, 5) is 17.6. The van der Waals surface area contributed by atoms with E-state index in [-0.39, 0.29) is 24.4 Å². The van der Waals surface area contributed by atoms with Crippen molar-refractivity contribution in [3.63, 3.8) is 0 Å². The van der Waals surface area contributed by atoms with Crippen LogP contribution in [0.4, 0.5) is 4.39 Å². The van der Waals surface area contributed by atoms with Crippen molar-refractivity contribution in [3.8, 4) is 0 Å². The molecule has 1 unspecified atom stereocenters. The van der Waals surface area contributed by atoms with Crippen LogP contribution >= 0.6 is 0 Å². The number of aliphatic imine (C=N–C) groups is 1. The SMILES string of the molecule is CN(C)C(=O)CN=C(NCCc1cccc(F)c1)NCC1CCCO1. The molecule has 7 heteroatoms. The number of nitrogens with zero attached hydrogens (tertiary/aromatic N) is 2. The molecule has 1 aliphatic rings. The van der Waals surface area contributed by atoms with Crippen molar-refractivity contribution in [1.29, 1.82) is 0 Å². The van der Waals surface area contributed by atoms with Crippen LogP contribution in [0.5, 0.6) is 0 Å². The van der Waals surface area contributed by atoms with Gasteiger partial charge in [-0.25, -0.2) is 9.38 Å². The summed E-state index contributed by atoms with van der Waals surface area (Å²) < 4.78 is 18.8. The van der Waals surface area contributed by atoms with Crippen molar-refractivity contribution < 1.29 is 13.9 Å². The van der Waals surface area contributed by atoms with Gasteiger partial charge in [-0.05, 0) is 37.0 Å². The lowest BCUT2D eigenvalue weighted by atomic mass is 10.1. The predicted molar refractivity (Wildman–Crippen MR) is 96.1 cm³/mol. The molecule has 1 aromatic carbocycles. The maximum absolute atomic E-state index is 13.2. The van der Waals surface area contributed by atoms with E-state index in [1.807, 2.05) is 6.07 Å². The van der Waals surface area contributed by atoms with E-state index in [9.17, 15) is 9.18 Å². The van der Waals surface area contributed by atoms with Crippen LogP contribution in [-0.4, -0.2) is 63.2 Å².